The number of carbonyl (C=O) groups is 5. The van der Waals surface area contributed by atoms with Crippen molar-refractivity contribution >= 4 is 35.4 Å². The fourth-order valence-corrected chi connectivity index (χ4v) is 6.12. The third kappa shape index (κ3) is 11.2. The first-order chi connectivity index (χ1) is 21.7. The molecule has 4 amide bonds. The van der Waals surface area contributed by atoms with Gasteiger partial charge in [0.25, 0.3) is 5.92 Å². The van der Waals surface area contributed by atoms with E-state index in [-0.39, 0.29) is 55.8 Å². The molecule has 0 aromatic carbocycles. The number of amides is 4. The van der Waals surface area contributed by atoms with Gasteiger partial charge in [-0.05, 0) is 44.9 Å². The van der Waals surface area contributed by atoms with Crippen molar-refractivity contribution in [3.05, 3.63) is 0 Å². The molecule has 2 heterocycles. The van der Waals surface area contributed by atoms with Gasteiger partial charge in [-0.25, -0.2) is 13.8 Å². The summed E-state index contributed by atoms with van der Waals surface area (Å²) in [5.41, 5.74) is -1.35. The highest BCUT2D eigenvalue weighted by Crippen LogP contribution is 2.28. The first kappa shape index (κ1) is 37.1. The highest BCUT2D eigenvalue weighted by Gasteiger charge is 2.39. The van der Waals surface area contributed by atoms with Crippen LogP contribution in [0.2, 0.25) is 0 Å². The topological polar surface area (TPSA) is 170 Å². The molecular weight excluding hydrogens is 600 g/mol. The van der Waals surface area contributed by atoms with Crippen LogP contribution >= 0.6 is 0 Å². The summed E-state index contributed by atoms with van der Waals surface area (Å²) in [6, 6.07) is -1.71. The molecule has 0 spiro atoms. The first-order valence-electron chi connectivity index (χ1n) is 16.9. The van der Waals surface area contributed by atoms with Crippen LogP contribution in [-0.4, -0.2) is 85.1 Å². The minimum absolute atomic E-state index is 0.0859. The van der Waals surface area contributed by atoms with Crippen molar-refractivity contribution in [2.24, 2.45) is 22.7 Å². The minimum atomic E-state index is -2.91. The molecule has 4 atom stereocenters. The Labute approximate surface area is 270 Å². The quantitative estimate of drug-likeness (QED) is 0.207. The van der Waals surface area contributed by atoms with Crippen molar-refractivity contribution in [1.29, 1.82) is 0 Å². The number of carbonyl (C=O) groups excluding carboxylic acids is 5. The van der Waals surface area contributed by atoms with Gasteiger partial charge in [-0.15, -0.1) is 0 Å². The van der Waals surface area contributed by atoms with Crippen LogP contribution in [0.25, 0.3) is 0 Å². The lowest BCUT2D eigenvalue weighted by atomic mass is 9.83. The van der Waals surface area contributed by atoms with E-state index in [0.29, 0.717) is 25.3 Å². The molecule has 12 nitrogen and oxygen atoms in total. The van der Waals surface area contributed by atoms with E-state index in [9.17, 15) is 32.8 Å². The first-order valence-corrected chi connectivity index (χ1v) is 16.9. The average Bonchev–Trinajstić information content (AvgIpc) is 3.01. The average molecular weight is 654 g/mol. The maximum atomic E-state index is 13.9. The summed E-state index contributed by atoms with van der Waals surface area (Å²) >= 11 is 0. The Morgan fingerprint density at radius 2 is 1.70 bits per heavy atom. The van der Waals surface area contributed by atoms with Gasteiger partial charge < -0.3 is 31.9 Å². The van der Waals surface area contributed by atoms with E-state index >= 15 is 0 Å². The van der Waals surface area contributed by atoms with E-state index in [1.165, 1.54) is 0 Å². The van der Waals surface area contributed by atoms with E-state index in [4.69, 9.17) is 0 Å². The lowest BCUT2D eigenvalue weighted by Gasteiger charge is -2.33. The van der Waals surface area contributed by atoms with Crippen LogP contribution in [-0.2, 0) is 24.0 Å². The number of ketones is 1. The van der Waals surface area contributed by atoms with Gasteiger partial charge in [0.05, 0.1) is 12.1 Å². The Bertz CT molecular complexity index is 1130. The predicted molar refractivity (Wildman–Crippen MR) is 170 cm³/mol. The van der Waals surface area contributed by atoms with Crippen LogP contribution in [0.1, 0.15) is 98.3 Å². The summed E-state index contributed by atoms with van der Waals surface area (Å²) in [6.45, 7) is 6.05. The fraction of sp³-hybridized carbons (Fsp3) is 0.812. The Morgan fingerprint density at radius 1 is 1.00 bits per heavy atom. The molecule has 0 unspecified atom stereocenters. The number of nitrogens with zero attached hydrogens (tertiary/aromatic N) is 1. The van der Waals surface area contributed by atoms with Crippen molar-refractivity contribution in [3.8, 4) is 0 Å². The number of nitrogens with one attached hydrogen (secondary N) is 6. The molecule has 1 saturated carbocycles. The zero-order valence-electron chi connectivity index (χ0n) is 27.7. The summed E-state index contributed by atoms with van der Waals surface area (Å²) in [5, 5.41) is 16.9. The van der Waals surface area contributed by atoms with Gasteiger partial charge in [0.15, 0.2) is 11.7 Å². The second kappa shape index (κ2) is 17.0. The second-order valence-electron chi connectivity index (χ2n) is 13.6. The third-order valence-corrected chi connectivity index (χ3v) is 9.24. The smallest absolute Gasteiger partial charge is 0.284 e. The van der Waals surface area contributed by atoms with Gasteiger partial charge in [-0.2, -0.15) is 0 Å². The molecule has 2 aliphatic heterocycles. The van der Waals surface area contributed by atoms with E-state index in [2.05, 4.69) is 36.9 Å². The molecule has 1 aliphatic carbocycles. The summed E-state index contributed by atoms with van der Waals surface area (Å²) in [7, 11) is 0. The number of alkyl halides is 2. The number of aliphatic imine (C=N–C) groups is 1. The molecule has 46 heavy (non-hydrogen) atoms. The SMILES string of the molecule is CC[C@@H]1NC(=O)[C@H](CCCNC2=NCC(F)(F)CN2)CC(=O)[C@](C)(NC(=O)C(C)C)CCNC(=O)[C@@H](CC2CCCCC2)NC1=O. The van der Waals surface area contributed by atoms with Crippen LogP contribution in [0.4, 0.5) is 8.78 Å². The van der Waals surface area contributed by atoms with Gasteiger partial charge in [-0.3, -0.25) is 24.0 Å². The van der Waals surface area contributed by atoms with Crippen LogP contribution < -0.4 is 31.9 Å². The molecule has 3 rings (SSSR count). The van der Waals surface area contributed by atoms with Crippen molar-refractivity contribution in [3.63, 3.8) is 0 Å². The van der Waals surface area contributed by atoms with Crippen molar-refractivity contribution in [1.82, 2.24) is 31.9 Å². The predicted octanol–water partition coefficient (Wildman–Crippen LogP) is 1.93. The number of Topliss-reactive ketones (excluding diaryl/α,β-unsaturated/α-hetero) is 1. The minimum Gasteiger partial charge on any atom is -0.356 e. The molecule has 260 valence electrons. The molecule has 3 aliphatic rings. The third-order valence-electron chi connectivity index (χ3n) is 9.24. The van der Waals surface area contributed by atoms with Gasteiger partial charge in [0, 0.05) is 31.3 Å². The van der Waals surface area contributed by atoms with Crippen LogP contribution in [0.15, 0.2) is 4.99 Å². The number of hydrogen-bond acceptors (Lipinski definition) is 8. The Morgan fingerprint density at radius 3 is 2.33 bits per heavy atom. The molecule has 1 saturated heterocycles. The zero-order chi connectivity index (χ0) is 33.9. The molecule has 0 aromatic rings. The maximum absolute atomic E-state index is 13.9. The van der Waals surface area contributed by atoms with Crippen LogP contribution in [0, 0.1) is 17.8 Å². The van der Waals surface area contributed by atoms with E-state index < -0.39 is 60.3 Å². The normalized spacial score (nSPS) is 28.6. The van der Waals surface area contributed by atoms with E-state index in [1.807, 2.05) is 0 Å². The van der Waals surface area contributed by atoms with Crippen LogP contribution in [0.3, 0.4) is 0 Å². The summed E-state index contributed by atoms with van der Waals surface area (Å²) in [5.74, 6) is -5.57. The zero-order valence-corrected chi connectivity index (χ0v) is 27.7. The number of guanidine groups is 1. The van der Waals surface area contributed by atoms with Gasteiger partial charge in [0.1, 0.15) is 18.6 Å². The number of rotatable bonds is 9. The standard InChI is InChI=1S/C32H53F2N7O5/c1-5-23-29(46)40-24(16-21-10-7-6-8-11-21)28(45)35-15-13-31(4,41-26(43)20(2)3)25(42)17-22(27(44)39-23)12-9-14-36-30-37-18-32(33,34)19-38-30/h20-24H,5-19H2,1-4H3,(H,35,45)(H,39,44)(H,40,46)(H,41,43)(H2,36,37,38)/t22-,23+,24-,31-/m1/s1. The fourth-order valence-electron chi connectivity index (χ4n) is 6.12. The molecule has 14 heteroatoms. The Hall–Kier alpha value is -3.32. The van der Waals surface area contributed by atoms with Crippen LogP contribution in [0.5, 0.6) is 0 Å². The van der Waals surface area contributed by atoms with Crippen molar-refractivity contribution in [2.45, 2.75) is 122 Å². The highest BCUT2D eigenvalue weighted by atomic mass is 19.3. The van der Waals surface area contributed by atoms with Crippen molar-refractivity contribution < 1.29 is 32.8 Å². The number of halogens is 2. The Balaban J connectivity index is 1.81. The molecule has 2 fully saturated rings. The lowest BCUT2D eigenvalue weighted by molar-refractivity contribution is -0.137. The highest BCUT2D eigenvalue weighted by molar-refractivity contribution is 5.97. The van der Waals surface area contributed by atoms with Gasteiger partial charge in [0.2, 0.25) is 23.6 Å². The van der Waals surface area contributed by atoms with E-state index in [0.717, 1.165) is 32.1 Å². The maximum Gasteiger partial charge on any atom is 0.284 e. The van der Waals surface area contributed by atoms with Crippen molar-refractivity contribution in [2.75, 3.05) is 26.2 Å². The van der Waals surface area contributed by atoms with Gasteiger partial charge >= 0.3 is 0 Å². The Kier molecular flexibility index (Phi) is 13.7. The lowest BCUT2D eigenvalue weighted by Crippen LogP contribution is -2.58. The molecule has 6 N–H and O–H groups in total. The summed E-state index contributed by atoms with van der Waals surface area (Å²) in [4.78, 5) is 70.9. The van der Waals surface area contributed by atoms with Gasteiger partial charge in [-0.1, -0.05) is 52.9 Å². The summed E-state index contributed by atoms with van der Waals surface area (Å²) < 4.78 is 26.8. The molecule has 0 aromatic heterocycles. The monoisotopic (exact) mass is 653 g/mol. The molecule has 0 radical (unpaired) electrons. The largest absolute Gasteiger partial charge is 0.356 e. The second-order valence-corrected chi connectivity index (χ2v) is 13.6. The molecular formula is C32H53F2N7O5. The van der Waals surface area contributed by atoms with E-state index in [1.54, 1.807) is 27.7 Å². The number of hydrogen-bond donors (Lipinski definition) is 6. The molecule has 0 bridgehead atoms. The summed E-state index contributed by atoms with van der Waals surface area (Å²) in [6.07, 6.45) is 6.57.